The van der Waals surface area contributed by atoms with Crippen molar-refractivity contribution in [1.82, 2.24) is 15.2 Å². The van der Waals surface area contributed by atoms with Crippen LogP contribution in [0.15, 0.2) is 42.0 Å². The molecular weight excluding hydrogens is 298 g/mol. The van der Waals surface area contributed by atoms with Crippen LogP contribution in [-0.2, 0) is 11.3 Å². The van der Waals surface area contributed by atoms with Gasteiger partial charge >= 0.3 is 0 Å². The van der Waals surface area contributed by atoms with E-state index in [2.05, 4.69) is 10.3 Å². The van der Waals surface area contributed by atoms with Gasteiger partial charge in [0.1, 0.15) is 0 Å². The second-order valence-corrected chi connectivity index (χ2v) is 6.08. The van der Waals surface area contributed by atoms with E-state index in [9.17, 15) is 9.90 Å². The summed E-state index contributed by atoms with van der Waals surface area (Å²) in [5, 5.41) is 14.2. The lowest BCUT2D eigenvalue weighted by atomic mass is 10.2. The van der Waals surface area contributed by atoms with Crippen molar-refractivity contribution in [2.75, 3.05) is 19.7 Å². The quantitative estimate of drug-likeness (QED) is 0.779. The summed E-state index contributed by atoms with van der Waals surface area (Å²) in [5.74, 6) is -0.0433. The van der Waals surface area contributed by atoms with Crippen molar-refractivity contribution >= 4 is 17.2 Å². The van der Waals surface area contributed by atoms with Crippen LogP contribution >= 0.6 is 11.3 Å². The van der Waals surface area contributed by atoms with Gasteiger partial charge in [0.25, 0.3) is 0 Å². The highest BCUT2D eigenvalue weighted by atomic mass is 32.1. The molecule has 0 aliphatic heterocycles. The van der Waals surface area contributed by atoms with Gasteiger partial charge in [-0.2, -0.15) is 0 Å². The van der Waals surface area contributed by atoms with Crippen molar-refractivity contribution in [2.24, 2.45) is 0 Å². The van der Waals surface area contributed by atoms with E-state index in [1.807, 2.05) is 41.5 Å². The number of pyridine rings is 1. The average molecular weight is 319 g/mol. The number of aliphatic hydroxyl groups is 1. The Morgan fingerprint density at radius 3 is 2.95 bits per heavy atom. The molecular formula is C16H21N3O2S. The molecule has 0 radical (unpaired) electrons. The molecule has 2 heterocycles. The van der Waals surface area contributed by atoms with E-state index in [1.54, 1.807) is 23.7 Å². The molecule has 1 unspecified atom stereocenters. The van der Waals surface area contributed by atoms with E-state index in [4.69, 9.17) is 0 Å². The molecule has 0 spiro atoms. The fraction of sp³-hybridized carbons (Fsp3) is 0.375. The number of aliphatic hydroxyl groups excluding tert-OH is 1. The molecule has 1 amide bonds. The lowest BCUT2D eigenvalue weighted by Gasteiger charge is -2.22. The number of nitrogens with zero attached hydrogens (tertiary/aromatic N) is 2. The van der Waals surface area contributed by atoms with Crippen LogP contribution in [0.25, 0.3) is 0 Å². The largest absolute Gasteiger partial charge is 0.395 e. The third-order valence-corrected chi connectivity index (χ3v) is 4.31. The molecule has 2 N–H and O–H groups in total. The Bertz CT molecular complexity index is 560. The molecule has 5 nitrogen and oxygen atoms in total. The summed E-state index contributed by atoms with van der Waals surface area (Å²) in [5.41, 5.74) is 1.02. The standard InChI is InChI=1S/C16H21N3O2S/c1-13(15-5-3-9-22-15)18-16(21)12-19(7-8-20)11-14-4-2-6-17-10-14/h2-6,9-10,13,20H,7-8,11-12H2,1H3,(H,18,21). The highest BCUT2D eigenvalue weighted by Crippen LogP contribution is 2.17. The van der Waals surface area contributed by atoms with Gasteiger partial charge < -0.3 is 10.4 Å². The molecule has 2 aromatic heterocycles. The van der Waals surface area contributed by atoms with Gasteiger partial charge in [0.15, 0.2) is 0 Å². The van der Waals surface area contributed by atoms with Gasteiger partial charge in [0, 0.05) is 30.4 Å². The van der Waals surface area contributed by atoms with Gasteiger partial charge in [-0.05, 0) is 30.0 Å². The Morgan fingerprint density at radius 1 is 1.45 bits per heavy atom. The maximum Gasteiger partial charge on any atom is 0.234 e. The molecule has 0 saturated carbocycles. The molecule has 22 heavy (non-hydrogen) atoms. The number of aromatic nitrogens is 1. The third kappa shape index (κ3) is 5.22. The van der Waals surface area contributed by atoms with Crippen LogP contribution in [0, 0.1) is 0 Å². The molecule has 118 valence electrons. The van der Waals surface area contributed by atoms with Crippen LogP contribution < -0.4 is 5.32 Å². The molecule has 2 aromatic rings. The third-order valence-electron chi connectivity index (χ3n) is 3.26. The highest BCUT2D eigenvalue weighted by Gasteiger charge is 2.14. The first-order chi connectivity index (χ1) is 10.7. The lowest BCUT2D eigenvalue weighted by molar-refractivity contribution is -0.123. The minimum atomic E-state index is -0.0433. The van der Waals surface area contributed by atoms with E-state index >= 15 is 0 Å². The maximum atomic E-state index is 12.2. The van der Waals surface area contributed by atoms with Crippen LogP contribution in [0.2, 0.25) is 0 Å². The number of hydrogen-bond acceptors (Lipinski definition) is 5. The van der Waals surface area contributed by atoms with Crippen molar-refractivity contribution in [3.8, 4) is 0 Å². The molecule has 0 saturated heterocycles. The molecule has 1 atom stereocenters. The summed E-state index contributed by atoms with van der Waals surface area (Å²) < 4.78 is 0. The number of carbonyl (C=O) groups excluding carboxylic acids is 1. The molecule has 0 aromatic carbocycles. The van der Waals surface area contributed by atoms with Crippen molar-refractivity contribution in [3.05, 3.63) is 52.5 Å². The van der Waals surface area contributed by atoms with Crippen LogP contribution in [0.1, 0.15) is 23.4 Å². The van der Waals surface area contributed by atoms with E-state index < -0.39 is 0 Å². The molecule has 0 bridgehead atoms. The molecule has 2 rings (SSSR count). The summed E-state index contributed by atoms with van der Waals surface area (Å²) in [6, 6.07) is 7.82. The first-order valence-corrected chi connectivity index (χ1v) is 8.12. The fourth-order valence-electron chi connectivity index (χ4n) is 2.20. The normalized spacial score (nSPS) is 12.3. The monoisotopic (exact) mass is 319 g/mol. The van der Waals surface area contributed by atoms with Crippen molar-refractivity contribution in [2.45, 2.75) is 19.5 Å². The molecule has 0 aliphatic carbocycles. The van der Waals surface area contributed by atoms with Gasteiger partial charge in [-0.1, -0.05) is 12.1 Å². The smallest absolute Gasteiger partial charge is 0.234 e. The Labute approximate surface area is 134 Å². The van der Waals surface area contributed by atoms with Crippen LogP contribution in [0.4, 0.5) is 0 Å². The summed E-state index contributed by atoms with van der Waals surface area (Å²) >= 11 is 1.63. The minimum Gasteiger partial charge on any atom is -0.395 e. The van der Waals surface area contributed by atoms with Crippen LogP contribution in [0.5, 0.6) is 0 Å². The second kappa shape index (κ2) is 8.63. The maximum absolute atomic E-state index is 12.2. The topological polar surface area (TPSA) is 65.5 Å². The van der Waals surface area contributed by atoms with E-state index in [0.717, 1.165) is 10.4 Å². The summed E-state index contributed by atoms with van der Waals surface area (Å²) in [6.07, 6.45) is 3.49. The second-order valence-electron chi connectivity index (χ2n) is 5.10. The number of rotatable bonds is 8. The van der Waals surface area contributed by atoms with Crippen LogP contribution in [0.3, 0.4) is 0 Å². The van der Waals surface area contributed by atoms with Crippen LogP contribution in [-0.4, -0.2) is 40.6 Å². The van der Waals surface area contributed by atoms with E-state index in [0.29, 0.717) is 13.1 Å². The number of carbonyl (C=O) groups is 1. The summed E-state index contributed by atoms with van der Waals surface area (Å²) in [6.45, 7) is 3.30. The molecule has 6 heteroatoms. The fourth-order valence-corrected chi connectivity index (χ4v) is 2.94. The van der Waals surface area contributed by atoms with Gasteiger partial charge in [0.05, 0.1) is 19.2 Å². The molecule has 0 fully saturated rings. The van der Waals surface area contributed by atoms with Gasteiger partial charge in [-0.15, -0.1) is 11.3 Å². The summed E-state index contributed by atoms with van der Waals surface area (Å²) in [7, 11) is 0. The Kier molecular flexibility index (Phi) is 6.51. The zero-order chi connectivity index (χ0) is 15.8. The zero-order valence-corrected chi connectivity index (χ0v) is 13.4. The zero-order valence-electron chi connectivity index (χ0n) is 12.6. The SMILES string of the molecule is CC(NC(=O)CN(CCO)Cc1cccnc1)c1cccs1. The predicted octanol–water partition coefficient (Wildman–Crippen LogP) is 1.81. The van der Waals surface area contributed by atoms with E-state index in [1.165, 1.54) is 0 Å². The van der Waals surface area contributed by atoms with E-state index in [-0.39, 0.29) is 25.1 Å². The van der Waals surface area contributed by atoms with Crippen molar-refractivity contribution in [3.63, 3.8) is 0 Å². The molecule has 0 aliphatic rings. The Morgan fingerprint density at radius 2 is 2.32 bits per heavy atom. The Hall–Kier alpha value is -1.76. The first kappa shape index (κ1) is 16.6. The predicted molar refractivity (Wildman–Crippen MR) is 87.5 cm³/mol. The van der Waals surface area contributed by atoms with Crippen molar-refractivity contribution < 1.29 is 9.90 Å². The first-order valence-electron chi connectivity index (χ1n) is 7.24. The van der Waals surface area contributed by atoms with Gasteiger partial charge in [-0.25, -0.2) is 0 Å². The number of nitrogens with one attached hydrogen (secondary N) is 1. The number of amides is 1. The Balaban J connectivity index is 1.88. The van der Waals surface area contributed by atoms with Gasteiger partial charge in [-0.3, -0.25) is 14.7 Å². The van der Waals surface area contributed by atoms with Gasteiger partial charge in [0.2, 0.25) is 5.91 Å². The number of hydrogen-bond donors (Lipinski definition) is 2. The highest BCUT2D eigenvalue weighted by molar-refractivity contribution is 7.10. The summed E-state index contributed by atoms with van der Waals surface area (Å²) in [4.78, 5) is 19.3. The average Bonchev–Trinajstić information content (AvgIpc) is 3.02. The number of thiophene rings is 1. The minimum absolute atomic E-state index is 0.00173. The van der Waals surface area contributed by atoms with Crippen molar-refractivity contribution in [1.29, 1.82) is 0 Å². The lowest BCUT2D eigenvalue weighted by Crippen LogP contribution is -2.39.